The van der Waals surface area contributed by atoms with E-state index in [1.54, 1.807) is 5.38 Å². The molecule has 1 atom stereocenters. The second-order valence-corrected chi connectivity index (χ2v) is 10.9. The number of thiazole rings is 1. The maximum Gasteiger partial charge on any atom is 0.290 e. The highest BCUT2D eigenvalue weighted by Crippen LogP contribution is 2.34. The molecule has 1 amide bonds. The summed E-state index contributed by atoms with van der Waals surface area (Å²) in [6.45, 7) is 6.25. The van der Waals surface area contributed by atoms with Gasteiger partial charge in [-0.2, -0.15) is 4.98 Å². The minimum Gasteiger partial charge on any atom is -0.493 e. The molecule has 4 heterocycles. The van der Waals surface area contributed by atoms with Gasteiger partial charge in [0.2, 0.25) is 5.88 Å². The first-order valence-electron chi connectivity index (χ1n) is 12.7. The van der Waals surface area contributed by atoms with Gasteiger partial charge in [0.1, 0.15) is 11.5 Å². The van der Waals surface area contributed by atoms with Gasteiger partial charge < -0.3 is 10.0 Å². The fourth-order valence-electron chi connectivity index (χ4n) is 5.10. The van der Waals surface area contributed by atoms with E-state index in [-0.39, 0.29) is 35.5 Å². The molecule has 202 valence electrons. The molecule has 11 heteroatoms. The minimum atomic E-state index is -0.847. The zero-order valence-corrected chi connectivity index (χ0v) is 23.3. The SMILES string of the molecule is CCc1cccc(CC)c1-n1c(-c2csc(C)n2)nc(=O)c(C(=O)N2CCC(c3ncc(Cl)cc3F)C2)c1O. The van der Waals surface area contributed by atoms with Crippen LogP contribution in [0, 0.1) is 12.7 Å². The Labute approximate surface area is 233 Å². The molecule has 0 aliphatic carbocycles. The van der Waals surface area contributed by atoms with Crippen molar-refractivity contribution >= 4 is 28.8 Å². The molecule has 5 rings (SSSR count). The molecule has 1 aliphatic heterocycles. The van der Waals surface area contributed by atoms with Gasteiger partial charge in [0, 0.05) is 30.6 Å². The molecule has 1 unspecified atom stereocenters. The molecule has 3 aromatic heterocycles. The predicted octanol–water partition coefficient (Wildman–Crippen LogP) is 5.31. The van der Waals surface area contributed by atoms with E-state index in [2.05, 4.69) is 15.0 Å². The maximum atomic E-state index is 14.5. The van der Waals surface area contributed by atoms with E-state index in [0.29, 0.717) is 30.6 Å². The predicted molar refractivity (Wildman–Crippen MR) is 149 cm³/mol. The molecule has 0 saturated carbocycles. The Bertz CT molecular complexity index is 1610. The number of amides is 1. The van der Waals surface area contributed by atoms with Crippen LogP contribution >= 0.6 is 22.9 Å². The van der Waals surface area contributed by atoms with E-state index in [9.17, 15) is 19.1 Å². The number of para-hydroxylation sites is 1. The average Bonchev–Trinajstić information content (AvgIpc) is 3.57. The second-order valence-electron chi connectivity index (χ2n) is 9.42. The van der Waals surface area contributed by atoms with Crippen molar-refractivity contribution in [1.82, 2.24) is 24.4 Å². The lowest BCUT2D eigenvalue weighted by Gasteiger charge is -2.23. The Morgan fingerprint density at radius 3 is 2.56 bits per heavy atom. The summed E-state index contributed by atoms with van der Waals surface area (Å²) in [7, 11) is 0. The summed E-state index contributed by atoms with van der Waals surface area (Å²) >= 11 is 7.24. The van der Waals surface area contributed by atoms with E-state index in [0.717, 1.165) is 16.1 Å². The lowest BCUT2D eigenvalue weighted by atomic mass is 10.0. The van der Waals surface area contributed by atoms with Gasteiger partial charge in [-0.25, -0.2) is 9.37 Å². The Balaban J connectivity index is 1.63. The highest BCUT2D eigenvalue weighted by molar-refractivity contribution is 7.09. The quantitative estimate of drug-likeness (QED) is 0.339. The first-order chi connectivity index (χ1) is 18.7. The van der Waals surface area contributed by atoms with Crippen LogP contribution in [0.25, 0.3) is 17.2 Å². The zero-order chi connectivity index (χ0) is 27.8. The summed E-state index contributed by atoms with van der Waals surface area (Å²) in [4.78, 5) is 41.4. The van der Waals surface area contributed by atoms with Crippen LogP contribution < -0.4 is 5.56 Å². The Kier molecular flexibility index (Phi) is 7.51. The van der Waals surface area contributed by atoms with Crippen molar-refractivity contribution in [2.45, 2.75) is 46.0 Å². The molecule has 8 nitrogen and oxygen atoms in total. The van der Waals surface area contributed by atoms with E-state index in [1.807, 2.05) is 39.0 Å². The van der Waals surface area contributed by atoms with E-state index in [4.69, 9.17) is 11.6 Å². The third-order valence-corrected chi connectivity index (χ3v) is 8.00. The summed E-state index contributed by atoms with van der Waals surface area (Å²) in [6, 6.07) is 7.03. The number of nitrogens with zero attached hydrogens (tertiary/aromatic N) is 5. The van der Waals surface area contributed by atoms with E-state index in [1.165, 1.54) is 33.1 Å². The highest BCUT2D eigenvalue weighted by atomic mass is 35.5. The number of benzene rings is 1. The molecule has 1 N–H and O–H groups in total. The first kappa shape index (κ1) is 27.0. The molecule has 0 bridgehead atoms. The van der Waals surface area contributed by atoms with Gasteiger partial charge in [-0.15, -0.1) is 11.3 Å². The van der Waals surface area contributed by atoms with Crippen LogP contribution in [0.15, 0.2) is 40.6 Å². The molecular formula is C28H27ClFN5O3S. The van der Waals surface area contributed by atoms with Gasteiger partial charge in [-0.3, -0.25) is 19.1 Å². The Hall–Kier alpha value is -3.63. The first-order valence-corrected chi connectivity index (χ1v) is 14.0. The molecule has 4 aromatic rings. The molecule has 1 aromatic carbocycles. The number of carbonyl (C=O) groups is 1. The van der Waals surface area contributed by atoms with Crippen molar-refractivity contribution in [2.24, 2.45) is 0 Å². The smallest absolute Gasteiger partial charge is 0.290 e. The molecule has 0 radical (unpaired) electrons. The monoisotopic (exact) mass is 567 g/mol. The van der Waals surface area contributed by atoms with Crippen LogP contribution in [0.2, 0.25) is 5.02 Å². The highest BCUT2D eigenvalue weighted by Gasteiger charge is 2.35. The molecule has 39 heavy (non-hydrogen) atoms. The van der Waals surface area contributed by atoms with Crippen LogP contribution in [0.5, 0.6) is 5.88 Å². The molecule has 1 aliphatic rings. The lowest BCUT2D eigenvalue weighted by molar-refractivity contribution is 0.0784. The fraction of sp³-hybridized carbons (Fsp3) is 0.321. The van der Waals surface area contributed by atoms with Crippen LogP contribution in [0.4, 0.5) is 4.39 Å². The van der Waals surface area contributed by atoms with Gasteiger partial charge in [0.25, 0.3) is 11.5 Å². The van der Waals surface area contributed by atoms with Crippen molar-refractivity contribution in [2.75, 3.05) is 13.1 Å². The summed E-state index contributed by atoms with van der Waals surface area (Å²) in [5, 5.41) is 14.4. The lowest BCUT2D eigenvalue weighted by Crippen LogP contribution is -2.34. The van der Waals surface area contributed by atoms with E-state index >= 15 is 0 Å². The minimum absolute atomic E-state index is 0.141. The van der Waals surface area contributed by atoms with Gasteiger partial charge in [-0.05, 0) is 43.4 Å². The number of hydrogen-bond acceptors (Lipinski definition) is 7. The number of carbonyl (C=O) groups excluding carboxylic acids is 1. The average molecular weight is 568 g/mol. The number of likely N-dealkylation sites (tertiary alicyclic amines) is 1. The molecule has 1 saturated heterocycles. The summed E-state index contributed by atoms with van der Waals surface area (Å²) < 4.78 is 16.0. The largest absolute Gasteiger partial charge is 0.493 e. The van der Waals surface area contributed by atoms with Gasteiger partial charge in [0.05, 0.1) is 21.4 Å². The molecule has 1 fully saturated rings. The van der Waals surface area contributed by atoms with Crippen LogP contribution in [0.1, 0.15) is 58.4 Å². The van der Waals surface area contributed by atoms with Crippen molar-refractivity contribution in [3.63, 3.8) is 0 Å². The number of aromatic nitrogens is 4. The number of halogens is 2. The third-order valence-electron chi connectivity index (χ3n) is 7.02. The van der Waals surface area contributed by atoms with Crippen LogP contribution in [-0.2, 0) is 12.8 Å². The van der Waals surface area contributed by atoms with E-state index < -0.39 is 28.7 Å². The number of pyridine rings is 1. The van der Waals surface area contributed by atoms with Crippen molar-refractivity contribution in [1.29, 1.82) is 0 Å². The van der Waals surface area contributed by atoms with Gasteiger partial charge in [-0.1, -0.05) is 43.6 Å². The topological polar surface area (TPSA) is 101 Å². The fourth-order valence-corrected chi connectivity index (χ4v) is 5.84. The number of aryl methyl sites for hydroxylation is 3. The van der Waals surface area contributed by atoms with Crippen molar-refractivity contribution in [3.8, 4) is 23.1 Å². The van der Waals surface area contributed by atoms with Crippen molar-refractivity contribution in [3.05, 3.63) is 84.4 Å². The zero-order valence-electron chi connectivity index (χ0n) is 21.7. The van der Waals surface area contributed by atoms with Gasteiger partial charge in [0.15, 0.2) is 11.4 Å². The van der Waals surface area contributed by atoms with Crippen molar-refractivity contribution < 1.29 is 14.3 Å². The Morgan fingerprint density at radius 1 is 1.23 bits per heavy atom. The molecular weight excluding hydrogens is 541 g/mol. The second kappa shape index (κ2) is 10.9. The summed E-state index contributed by atoms with van der Waals surface area (Å²) in [5.74, 6) is -1.90. The number of aromatic hydroxyl groups is 1. The standard InChI is InChI=1S/C28H27ClFN5O3S/c1-4-16-7-6-8-17(5-2)24(16)35-25(21-14-39-15(3)32-21)33-26(36)22(28(35)38)27(37)34-10-9-18(13-34)23-20(30)11-19(29)12-31-23/h6-8,11-12,14,18,38H,4-5,9-10,13H2,1-3H3. The van der Waals surface area contributed by atoms with Crippen LogP contribution in [0.3, 0.4) is 0 Å². The van der Waals surface area contributed by atoms with Crippen LogP contribution in [-0.4, -0.2) is 48.5 Å². The Morgan fingerprint density at radius 2 is 1.95 bits per heavy atom. The summed E-state index contributed by atoms with van der Waals surface area (Å²) in [5.41, 5.74) is 1.90. The van der Waals surface area contributed by atoms with Gasteiger partial charge >= 0.3 is 0 Å². The maximum absolute atomic E-state index is 14.5. The number of hydrogen-bond donors (Lipinski definition) is 1. The normalized spacial score (nSPS) is 15.2. The molecule has 0 spiro atoms. The number of rotatable bonds is 6. The third kappa shape index (κ3) is 4.94. The summed E-state index contributed by atoms with van der Waals surface area (Å²) in [6.07, 6.45) is 3.13.